The predicted molar refractivity (Wildman–Crippen MR) is 130 cm³/mol. The number of amides is 1. The van der Waals surface area contributed by atoms with Crippen molar-refractivity contribution in [3.05, 3.63) is 87.0 Å². The Balaban J connectivity index is 2.13. The summed E-state index contributed by atoms with van der Waals surface area (Å²) < 4.78 is 27.6. The molecule has 0 spiro atoms. The maximum atomic E-state index is 14.3. The van der Waals surface area contributed by atoms with Gasteiger partial charge < -0.3 is 14.0 Å². The van der Waals surface area contributed by atoms with Gasteiger partial charge in [0.1, 0.15) is 22.7 Å². The fourth-order valence-corrected chi connectivity index (χ4v) is 3.94. The maximum absolute atomic E-state index is 14.3. The summed E-state index contributed by atoms with van der Waals surface area (Å²) in [5.74, 6) is -2.39. The number of fused-ring (bicyclic) bond motifs is 2. The molecule has 0 radical (unpaired) electrons. The van der Waals surface area contributed by atoms with Crippen LogP contribution in [0.1, 0.15) is 39.6 Å². The third kappa shape index (κ3) is 4.67. The summed E-state index contributed by atoms with van der Waals surface area (Å²) in [6.45, 7) is 4.11. The first-order valence-electron chi connectivity index (χ1n) is 11.4. The number of hydrogen-bond donors (Lipinski definition) is 0. The van der Waals surface area contributed by atoms with Crippen molar-refractivity contribution < 1.29 is 23.5 Å². The van der Waals surface area contributed by atoms with Crippen LogP contribution in [0.25, 0.3) is 16.7 Å². The molecule has 0 atom stereocenters. The normalized spacial score (nSPS) is 11.8. The number of methoxy groups -OCH3 is 1. The molecule has 0 aliphatic carbocycles. The molecule has 0 unspecified atom stereocenters. The van der Waals surface area contributed by atoms with E-state index in [-0.39, 0.29) is 40.8 Å². The molecule has 10 heteroatoms. The highest BCUT2D eigenvalue weighted by Crippen LogP contribution is 2.15. The van der Waals surface area contributed by atoms with Gasteiger partial charge in [-0.2, -0.15) is 4.99 Å². The molecule has 3 aromatic heterocycles. The van der Waals surface area contributed by atoms with Gasteiger partial charge in [0.15, 0.2) is 5.49 Å². The van der Waals surface area contributed by atoms with E-state index in [0.29, 0.717) is 18.7 Å². The van der Waals surface area contributed by atoms with Gasteiger partial charge in [0, 0.05) is 26.5 Å². The van der Waals surface area contributed by atoms with E-state index in [1.165, 1.54) is 33.2 Å². The number of esters is 1. The number of carbonyl (C=O) groups excluding carboxylic acids is 2. The lowest BCUT2D eigenvalue weighted by Crippen LogP contribution is -2.33. The Morgan fingerprint density at radius 2 is 1.89 bits per heavy atom. The second kappa shape index (κ2) is 10.6. The molecular formula is C26H25FN4O5. The second-order valence-electron chi connectivity index (χ2n) is 8.04. The molecular weight excluding hydrogens is 467 g/mol. The van der Waals surface area contributed by atoms with Crippen LogP contribution in [0.2, 0.25) is 0 Å². The van der Waals surface area contributed by atoms with Crippen molar-refractivity contribution >= 4 is 28.6 Å². The van der Waals surface area contributed by atoms with Crippen LogP contribution in [0, 0.1) is 12.7 Å². The van der Waals surface area contributed by atoms with E-state index in [9.17, 15) is 18.8 Å². The molecule has 9 nitrogen and oxygen atoms in total. The quantitative estimate of drug-likeness (QED) is 0.223. The van der Waals surface area contributed by atoms with Crippen LogP contribution >= 0.6 is 0 Å². The summed E-state index contributed by atoms with van der Waals surface area (Å²) in [4.78, 5) is 48.3. The van der Waals surface area contributed by atoms with Gasteiger partial charge in [-0.1, -0.05) is 18.2 Å². The number of pyridine rings is 2. The van der Waals surface area contributed by atoms with Gasteiger partial charge >= 0.3 is 5.97 Å². The minimum atomic E-state index is -0.882. The van der Waals surface area contributed by atoms with Crippen molar-refractivity contribution in [2.24, 2.45) is 4.99 Å². The third-order valence-corrected chi connectivity index (χ3v) is 5.64. The second-order valence-corrected chi connectivity index (χ2v) is 8.04. The third-order valence-electron chi connectivity index (χ3n) is 5.64. The average molecular weight is 493 g/mol. The minimum absolute atomic E-state index is 0.0649. The van der Waals surface area contributed by atoms with Crippen LogP contribution in [-0.4, -0.2) is 46.2 Å². The molecule has 0 bridgehead atoms. The summed E-state index contributed by atoms with van der Waals surface area (Å²) in [5.41, 5.74) is 0.600. The van der Waals surface area contributed by atoms with Crippen LogP contribution in [-0.2, 0) is 16.0 Å². The Labute approximate surface area is 205 Å². The molecule has 1 amide bonds. The van der Waals surface area contributed by atoms with E-state index in [0.717, 1.165) is 11.6 Å². The van der Waals surface area contributed by atoms with Crippen LogP contribution in [0.15, 0.2) is 58.4 Å². The lowest BCUT2D eigenvalue weighted by atomic mass is 10.2. The number of hydrogen-bond acceptors (Lipinski definition) is 6. The number of carbonyl (C=O) groups is 2. The number of ether oxygens (including phenoxy) is 2. The summed E-state index contributed by atoms with van der Waals surface area (Å²) in [6, 6.07) is 10.3. The monoisotopic (exact) mass is 492 g/mol. The fraction of sp³-hybridized carbons (Fsp3) is 0.269. The van der Waals surface area contributed by atoms with E-state index in [2.05, 4.69) is 4.99 Å². The first kappa shape index (κ1) is 24.9. The standard InChI is InChI=1S/C26H25FN4O5/c1-4-36-26(34)19-15-18-22(28-21-16(2)9-7-12-31(21)25(18)33)30(13-8-14-35-3)23(19)29-24(32)17-10-5-6-11-20(17)27/h5-7,9-12,15H,4,8,13-14H2,1-3H3. The van der Waals surface area contributed by atoms with Crippen molar-refractivity contribution in [2.75, 3.05) is 20.3 Å². The highest BCUT2D eigenvalue weighted by molar-refractivity contribution is 5.97. The van der Waals surface area contributed by atoms with Gasteiger partial charge in [-0.25, -0.2) is 14.2 Å². The minimum Gasteiger partial charge on any atom is -0.462 e. The number of rotatable bonds is 7. The van der Waals surface area contributed by atoms with Crippen molar-refractivity contribution in [2.45, 2.75) is 26.8 Å². The predicted octanol–water partition coefficient (Wildman–Crippen LogP) is 3.05. The van der Waals surface area contributed by atoms with E-state index in [1.54, 1.807) is 26.3 Å². The lowest BCUT2D eigenvalue weighted by Gasteiger charge is -2.15. The van der Waals surface area contributed by atoms with Crippen LogP contribution in [0.3, 0.4) is 0 Å². The van der Waals surface area contributed by atoms with Gasteiger partial charge in [0.25, 0.3) is 11.5 Å². The zero-order valence-electron chi connectivity index (χ0n) is 20.2. The van der Waals surface area contributed by atoms with Gasteiger partial charge in [-0.3, -0.25) is 14.0 Å². The molecule has 1 aromatic carbocycles. The number of aromatic nitrogens is 3. The molecule has 0 aliphatic heterocycles. The first-order valence-corrected chi connectivity index (χ1v) is 11.4. The van der Waals surface area contributed by atoms with Crippen LogP contribution in [0.4, 0.5) is 4.39 Å². The lowest BCUT2D eigenvalue weighted by molar-refractivity contribution is 0.0523. The molecule has 186 valence electrons. The highest BCUT2D eigenvalue weighted by Gasteiger charge is 2.21. The molecule has 0 saturated carbocycles. The highest BCUT2D eigenvalue weighted by atomic mass is 19.1. The van der Waals surface area contributed by atoms with Crippen molar-refractivity contribution in [1.29, 1.82) is 0 Å². The molecule has 4 rings (SSSR count). The Kier molecular flexibility index (Phi) is 7.35. The number of aryl methyl sites for hydroxylation is 2. The van der Waals surface area contributed by atoms with Crippen LogP contribution in [0.5, 0.6) is 0 Å². The van der Waals surface area contributed by atoms with Gasteiger partial charge in [-0.05, 0) is 50.1 Å². The van der Waals surface area contributed by atoms with E-state index >= 15 is 0 Å². The van der Waals surface area contributed by atoms with Crippen molar-refractivity contribution in [1.82, 2.24) is 14.0 Å². The van der Waals surface area contributed by atoms with Gasteiger partial charge in [0.05, 0.1) is 17.6 Å². The van der Waals surface area contributed by atoms with Crippen LogP contribution < -0.4 is 11.0 Å². The van der Waals surface area contributed by atoms with Crippen molar-refractivity contribution in [3.63, 3.8) is 0 Å². The zero-order valence-corrected chi connectivity index (χ0v) is 20.2. The molecule has 36 heavy (non-hydrogen) atoms. The topological polar surface area (TPSA) is 104 Å². The molecule has 3 heterocycles. The van der Waals surface area contributed by atoms with E-state index in [4.69, 9.17) is 14.5 Å². The summed E-state index contributed by atoms with van der Waals surface area (Å²) in [6.07, 6.45) is 2.06. The molecule has 0 aliphatic rings. The SMILES string of the molecule is CCOC(=O)c1cc2c(=O)n3cccc(C)c3nc2n(CCCOC)c1=NC(=O)c1ccccc1F. The molecule has 0 fully saturated rings. The zero-order chi connectivity index (χ0) is 25.8. The smallest absolute Gasteiger partial charge is 0.341 e. The fourth-order valence-electron chi connectivity index (χ4n) is 3.94. The number of benzene rings is 1. The maximum Gasteiger partial charge on any atom is 0.341 e. The Morgan fingerprint density at radius 1 is 1.11 bits per heavy atom. The summed E-state index contributed by atoms with van der Waals surface area (Å²) >= 11 is 0. The first-order chi connectivity index (χ1) is 17.4. The molecule has 4 aromatic rings. The summed E-state index contributed by atoms with van der Waals surface area (Å²) in [7, 11) is 1.55. The Morgan fingerprint density at radius 3 is 2.61 bits per heavy atom. The van der Waals surface area contributed by atoms with Gasteiger partial charge in [-0.15, -0.1) is 0 Å². The van der Waals surface area contributed by atoms with E-state index in [1.807, 2.05) is 13.0 Å². The number of nitrogens with zero attached hydrogens (tertiary/aromatic N) is 4. The van der Waals surface area contributed by atoms with Gasteiger partial charge in [0.2, 0.25) is 0 Å². The average Bonchev–Trinajstić information content (AvgIpc) is 2.86. The Bertz CT molecular complexity index is 1610. The molecule has 0 saturated heterocycles. The number of halogens is 1. The van der Waals surface area contributed by atoms with Crippen molar-refractivity contribution in [3.8, 4) is 0 Å². The largest absolute Gasteiger partial charge is 0.462 e. The molecule has 0 N–H and O–H groups in total. The van der Waals surface area contributed by atoms with E-state index < -0.39 is 23.3 Å². The summed E-state index contributed by atoms with van der Waals surface area (Å²) in [5, 5.41) is 0.149. The Hall–Kier alpha value is -4.18.